The van der Waals surface area contributed by atoms with E-state index >= 15 is 0 Å². The van der Waals surface area contributed by atoms with Gasteiger partial charge in [0.1, 0.15) is 4.90 Å². The van der Waals surface area contributed by atoms with Crippen molar-refractivity contribution in [1.29, 1.82) is 0 Å². The first kappa shape index (κ1) is 44.0. The molecule has 0 aliphatic heterocycles. The molecule has 47 heavy (non-hydrogen) atoms. The molecule has 2 aromatic carbocycles. The van der Waals surface area contributed by atoms with E-state index in [2.05, 4.69) is 77.1 Å². The number of ether oxygens (including phenoxy) is 1. The molecule has 0 aliphatic carbocycles. The Morgan fingerprint density at radius 3 is 1.83 bits per heavy atom. The minimum absolute atomic E-state index is 0.00466. The summed E-state index contributed by atoms with van der Waals surface area (Å²) in [7, 11) is -4.58. The van der Waals surface area contributed by atoms with Gasteiger partial charge in [-0.05, 0) is 60.0 Å². The number of aryl methyl sites for hydroxylation is 1. The average Bonchev–Trinajstić information content (AvgIpc) is 2.99. The van der Waals surface area contributed by atoms with E-state index in [0.717, 1.165) is 12.0 Å². The molecule has 0 radical (unpaired) electrons. The van der Waals surface area contributed by atoms with Crippen LogP contribution in [0.15, 0.2) is 49.9 Å². The van der Waals surface area contributed by atoms with Crippen LogP contribution in [0.25, 0.3) is 0 Å². The maximum atomic E-state index is 12.7. The first-order valence-corrected chi connectivity index (χ1v) is 29.8. The first-order valence-electron chi connectivity index (χ1n) is 17.2. The van der Waals surface area contributed by atoms with Crippen molar-refractivity contribution in [2.75, 3.05) is 13.7 Å². The summed E-state index contributed by atoms with van der Waals surface area (Å²) in [6.07, 6.45) is 8.96. The Hall–Kier alpha value is -1.01. The van der Waals surface area contributed by atoms with Crippen molar-refractivity contribution in [3.8, 4) is 17.2 Å². The molecule has 0 atom stereocenters. The van der Waals surface area contributed by atoms with Crippen LogP contribution in [0.2, 0.25) is 31.4 Å². The van der Waals surface area contributed by atoms with Gasteiger partial charge in [0.2, 0.25) is 0 Å². The van der Waals surface area contributed by atoms with Crippen molar-refractivity contribution in [3.05, 3.63) is 56.1 Å². The third-order valence-electron chi connectivity index (χ3n) is 9.46. The number of rotatable bonds is 18. The summed E-state index contributed by atoms with van der Waals surface area (Å²) in [6, 6.07) is 8.14. The van der Waals surface area contributed by atoms with Crippen LogP contribution in [-0.4, -0.2) is 53.9 Å². The van der Waals surface area contributed by atoms with Gasteiger partial charge in [-0.15, -0.1) is 0 Å². The molecule has 0 spiro atoms. The molecule has 0 aromatic heterocycles. The molecule has 268 valence electrons. The van der Waals surface area contributed by atoms with Gasteiger partial charge < -0.3 is 13.3 Å². The summed E-state index contributed by atoms with van der Waals surface area (Å²) in [5, 5.41) is 9.24. The molecule has 0 fully saturated rings. The number of hydrogen-bond donors (Lipinski definition) is 1. The van der Waals surface area contributed by atoms with E-state index in [1.165, 1.54) is 74.7 Å². The fraction of sp³-hybridized carbons (Fsp3) is 0.622. The van der Waals surface area contributed by atoms with E-state index in [9.17, 15) is 13.5 Å². The van der Waals surface area contributed by atoms with Crippen LogP contribution < -0.4 is 13.3 Å². The zero-order valence-electron chi connectivity index (χ0n) is 31.1. The van der Waals surface area contributed by atoms with Gasteiger partial charge in [0, 0.05) is 11.6 Å². The molecule has 0 heterocycles. The van der Waals surface area contributed by atoms with Gasteiger partial charge >= 0.3 is 129 Å². The minimum atomic E-state index is -3.97. The van der Waals surface area contributed by atoms with E-state index < -0.39 is 36.8 Å². The Labute approximate surface area is 301 Å². The summed E-state index contributed by atoms with van der Waals surface area (Å²) >= 11 is 1.33. The van der Waals surface area contributed by atoms with Crippen LogP contribution in [0.3, 0.4) is 0 Å². The van der Waals surface area contributed by atoms with Crippen LogP contribution in [0, 0.1) is 13.8 Å². The predicted molar refractivity (Wildman–Crippen MR) is 208 cm³/mol. The fourth-order valence-electron chi connectivity index (χ4n) is 5.24. The van der Waals surface area contributed by atoms with Gasteiger partial charge in [-0.3, -0.25) is 0 Å². The normalized spacial score (nSPS) is 12.3. The molecule has 0 amide bonds. The SMILES string of the molecule is C=[C](CCO)[Sn]([CH2]CCC)([CH2]CCC)[CH2]CCC.COc1c(C)c(OS(=O)(=O)c2ccc(C)cc2)cc(Br)c1O[Si](C)(C)C(C)(C)C. The Morgan fingerprint density at radius 2 is 1.43 bits per heavy atom. The number of aliphatic hydroxyl groups excluding tert-OH is 1. The van der Waals surface area contributed by atoms with Crippen LogP contribution in [-0.2, 0) is 10.1 Å². The predicted octanol–water partition coefficient (Wildman–Crippen LogP) is 11.5. The van der Waals surface area contributed by atoms with E-state index in [-0.39, 0.29) is 15.7 Å². The van der Waals surface area contributed by atoms with E-state index in [1.807, 2.05) is 6.92 Å². The summed E-state index contributed by atoms with van der Waals surface area (Å²) in [5.41, 5.74) is 1.52. The second-order valence-corrected chi connectivity index (χ2v) is 35.0. The van der Waals surface area contributed by atoms with E-state index in [4.69, 9.17) is 13.3 Å². The quantitative estimate of drug-likeness (QED) is 0.119. The maximum absolute atomic E-state index is 12.7. The molecule has 6 nitrogen and oxygen atoms in total. The van der Waals surface area contributed by atoms with Crippen molar-refractivity contribution in [2.24, 2.45) is 0 Å². The Morgan fingerprint density at radius 1 is 0.936 bits per heavy atom. The number of unbranched alkanes of at least 4 members (excludes halogenated alkanes) is 3. The van der Waals surface area contributed by atoms with E-state index in [0.29, 0.717) is 28.1 Å². The monoisotopic (exact) mass is 862 g/mol. The zero-order chi connectivity index (χ0) is 36.1. The number of benzene rings is 2. The molecule has 0 saturated heterocycles. The number of hydrogen-bond acceptors (Lipinski definition) is 6. The molecular weight excluding hydrogens is 799 g/mol. The third kappa shape index (κ3) is 13.0. The molecular formula is C37H63BrO6SSiSn. The molecule has 2 rings (SSSR count). The largest absolute Gasteiger partial charge is 0.540 e. The fourth-order valence-corrected chi connectivity index (χ4v) is 23.7. The minimum Gasteiger partial charge on any atom is -0.540 e. The zero-order valence-corrected chi connectivity index (χ0v) is 37.4. The van der Waals surface area contributed by atoms with Gasteiger partial charge in [0.25, 0.3) is 8.32 Å². The van der Waals surface area contributed by atoms with Crippen molar-refractivity contribution < 1.29 is 26.9 Å². The smallest absolute Gasteiger partial charge is 0.339 e. The molecule has 0 unspecified atom stereocenters. The van der Waals surface area contributed by atoms with Gasteiger partial charge in [0.15, 0.2) is 17.2 Å². The standard InChI is InChI=1S/C21H29BrO5SSi.C4H7O.3C4H9.Sn/c1-14-9-11-16(12-10-14)28(23,24)26-18-13-17(22)20(19(25-6)15(18)2)27-29(7,8)21(3,4)5;1-2-3-4-5;3*1-3-4-2;/h9-13H,1-8H3;5H,1,3-4H2;3*1,3-4H2,2H3;. The second-order valence-electron chi connectivity index (χ2n) is 14.2. The van der Waals surface area contributed by atoms with Crippen molar-refractivity contribution in [3.63, 3.8) is 0 Å². The van der Waals surface area contributed by atoms with Gasteiger partial charge in [-0.1, -0.05) is 38.5 Å². The van der Waals surface area contributed by atoms with Gasteiger partial charge in [0.05, 0.1) is 11.6 Å². The van der Waals surface area contributed by atoms with Crippen LogP contribution in [0.1, 0.15) is 97.6 Å². The maximum Gasteiger partial charge on any atom is 0.339 e. The first-order chi connectivity index (χ1) is 21.9. The van der Waals surface area contributed by atoms with Crippen LogP contribution in [0.5, 0.6) is 17.2 Å². The number of aliphatic hydroxyl groups is 1. The molecule has 10 heteroatoms. The Kier molecular flexibility index (Phi) is 18.7. The summed E-state index contributed by atoms with van der Waals surface area (Å²) < 4.78 is 49.4. The third-order valence-corrected chi connectivity index (χ3v) is 31.8. The average molecular weight is 863 g/mol. The summed E-state index contributed by atoms with van der Waals surface area (Å²) in [5.74, 6) is 1.21. The van der Waals surface area contributed by atoms with Crippen molar-refractivity contribution in [2.45, 2.75) is 137 Å². The topological polar surface area (TPSA) is 82.1 Å². The summed E-state index contributed by atoms with van der Waals surface area (Å²) in [4.78, 5) is 0.0965. The molecule has 2 aromatic rings. The van der Waals surface area contributed by atoms with E-state index in [1.54, 1.807) is 25.1 Å². The molecule has 1 N–H and O–H groups in total. The van der Waals surface area contributed by atoms with Gasteiger partial charge in [-0.2, -0.15) is 8.42 Å². The number of methoxy groups -OCH3 is 1. The second kappa shape index (κ2) is 20.0. The van der Waals surface area contributed by atoms with Crippen molar-refractivity contribution in [1.82, 2.24) is 0 Å². The number of halogens is 1. The van der Waals surface area contributed by atoms with Crippen LogP contribution >= 0.6 is 15.9 Å². The Bertz CT molecular complexity index is 1350. The molecule has 0 aliphatic rings. The van der Waals surface area contributed by atoms with Crippen molar-refractivity contribution >= 4 is 52.7 Å². The Balaban J connectivity index is 0.000000529. The molecule has 0 bridgehead atoms. The molecule has 0 saturated carbocycles. The van der Waals surface area contributed by atoms with Crippen LogP contribution in [0.4, 0.5) is 0 Å². The van der Waals surface area contributed by atoms with Gasteiger partial charge in [-0.25, -0.2) is 0 Å². The summed E-state index contributed by atoms with van der Waals surface area (Å²) in [6.45, 7) is 26.0.